The van der Waals surface area contributed by atoms with Crippen LogP contribution in [0.4, 0.5) is 5.69 Å². The van der Waals surface area contributed by atoms with Gasteiger partial charge in [-0.2, -0.15) is 0 Å². The molecule has 0 bridgehead atoms. The van der Waals surface area contributed by atoms with Crippen LogP contribution in [0.1, 0.15) is 78.4 Å². The average molecular weight is 445 g/mol. The molecule has 32 heavy (non-hydrogen) atoms. The summed E-state index contributed by atoms with van der Waals surface area (Å²) in [6.45, 7) is 6.69. The normalized spacial score (nSPS) is 21.7. The highest BCUT2D eigenvalue weighted by Crippen LogP contribution is 2.44. The third-order valence-electron chi connectivity index (χ3n) is 7.16. The molecule has 1 aromatic carbocycles. The van der Waals surface area contributed by atoms with Gasteiger partial charge in [0.25, 0.3) is 0 Å². The maximum atomic E-state index is 5.91. The van der Waals surface area contributed by atoms with E-state index < -0.39 is 0 Å². The lowest BCUT2D eigenvalue weighted by Crippen LogP contribution is -2.29. The molecule has 0 radical (unpaired) electrons. The van der Waals surface area contributed by atoms with Crippen LogP contribution in [0, 0.1) is 20.8 Å². The van der Waals surface area contributed by atoms with E-state index in [0.29, 0.717) is 6.04 Å². The van der Waals surface area contributed by atoms with E-state index >= 15 is 0 Å². The molecule has 1 saturated carbocycles. The van der Waals surface area contributed by atoms with Gasteiger partial charge in [-0.3, -0.25) is 4.98 Å². The lowest BCUT2D eigenvalue weighted by molar-refractivity contribution is 0.345. The summed E-state index contributed by atoms with van der Waals surface area (Å²) in [4.78, 5) is 7.01. The van der Waals surface area contributed by atoms with Crippen molar-refractivity contribution in [1.29, 1.82) is 0 Å². The third-order valence-corrected chi connectivity index (χ3v) is 7.47. The monoisotopic (exact) mass is 444 g/mol. The first-order valence-corrected chi connectivity index (χ1v) is 12.2. The molecule has 1 saturated heterocycles. The van der Waals surface area contributed by atoms with Gasteiger partial charge in [-0.15, -0.1) is 0 Å². The van der Waals surface area contributed by atoms with Gasteiger partial charge in [0.1, 0.15) is 0 Å². The quantitative estimate of drug-likeness (QED) is 0.466. The van der Waals surface area contributed by atoms with Gasteiger partial charge in [-0.1, -0.05) is 37.5 Å². The van der Waals surface area contributed by atoms with Crippen LogP contribution < -0.4 is 10.2 Å². The topological polar surface area (TPSA) is 33.1 Å². The van der Waals surface area contributed by atoms with Gasteiger partial charge in [0, 0.05) is 29.3 Å². The minimum absolute atomic E-state index is 0.00418. The van der Waals surface area contributed by atoms with Crippen LogP contribution in [0.5, 0.6) is 0 Å². The molecule has 2 aliphatic rings. The Balaban J connectivity index is 1.64. The molecule has 1 aliphatic heterocycles. The van der Waals surface area contributed by atoms with Gasteiger partial charge in [0.2, 0.25) is 0 Å². The van der Waals surface area contributed by atoms with E-state index in [9.17, 15) is 0 Å². The molecular formula is C27H32N4S. The Kier molecular flexibility index (Phi) is 5.76. The zero-order chi connectivity index (χ0) is 22.2. The lowest BCUT2D eigenvalue weighted by atomic mass is 9.94. The van der Waals surface area contributed by atoms with Crippen LogP contribution >= 0.6 is 12.2 Å². The summed E-state index contributed by atoms with van der Waals surface area (Å²) in [5, 5.41) is 4.37. The minimum Gasteiger partial charge on any atom is -0.351 e. The third kappa shape index (κ3) is 3.73. The predicted molar refractivity (Wildman–Crippen MR) is 135 cm³/mol. The van der Waals surface area contributed by atoms with Crippen LogP contribution in [0.3, 0.4) is 0 Å². The first-order chi connectivity index (χ1) is 15.5. The largest absolute Gasteiger partial charge is 0.351 e. The lowest BCUT2D eigenvalue weighted by Gasteiger charge is -2.30. The van der Waals surface area contributed by atoms with E-state index in [1.165, 1.54) is 54.6 Å². The van der Waals surface area contributed by atoms with Gasteiger partial charge in [-0.25, -0.2) is 0 Å². The molecule has 4 nitrogen and oxygen atoms in total. The fraction of sp³-hybridized carbons (Fsp3) is 0.407. The number of hydrogen-bond donors (Lipinski definition) is 1. The Bertz CT molecular complexity index is 1110. The summed E-state index contributed by atoms with van der Waals surface area (Å²) in [6, 6.07) is 17.8. The van der Waals surface area contributed by atoms with Gasteiger partial charge in [0.15, 0.2) is 5.11 Å². The average Bonchev–Trinajstić information content (AvgIpc) is 3.30. The minimum atomic E-state index is 0.00418. The zero-order valence-electron chi connectivity index (χ0n) is 19.2. The van der Waals surface area contributed by atoms with Gasteiger partial charge in [0.05, 0.1) is 17.8 Å². The molecule has 3 heterocycles. The number of nitrogens with one attached hydrogen (secondary N) is 1. The first kappa shape index (κ1) is 21.2. The molecule has 5 heteroatoms. The van der Waals surface area contributed by atoms with Crippen molar-refractivity contribution in [3.8, 4) is 0 Å². The molecule has 1 aliphatic carbocycles. The smallest absolute Gasteiger partial charge is 0.174 e. The Morgan fingerprint density at radius 1 is 0.969 bits per heavy atom. The van der Waals surface area contributed by atoms with Crippen LogP contribution in [0.2, 0.25) is 0 Å². The van der Waals surface area contributed by atoms with Crippen LogP contribution in [-0.4, -0.2) is 14.7 Å². The van der Waals surface area contributed by atoms with Crippen LogP contribution in [0.15, 0.2) is 54.7 Å². The molecule has 0 spiro atoms. The van der Waals surface area contributed by atoms with E-state index in [1.807, 2.05) is 12.3 Å². The molecule has 3 aromatic rings. The SMILES string of the molecule is Cc1cccc(N2C(=S)N[C@@H](c3ccccn3)[C@H]2c2cc(C)n(C3CCCCC3)c2C)c1. The summed E-state index contributed by atoms with van der Waals surface area (Å²) in [5.74, 6) is 0. The van der Waals surface area contributed by atoms with Crippen LogP contribution in [0.25, 0.3) is 0 Å². The highest BCUT2D eigenvalue weighted by Gasteiger charge is 2.42. The summed E-state index contributed by atoms with van der Waals surface area (Å²) >= 11 is 5.91. The Labute approximate surface area is 196 Å². The van der Waals surface area contributed by atoms with Crippen molar-refractivity contribution in [2.24, 2.45) is 0 Å². The number of thiocarbonyl (C=S) groups is 1. The van der Waals surface area contributed by atoms with Crippen LogP contribution in [-0.2, 0) is 0 Å². The van der Waals surface area contributed by atoms with Gasteiger partial charge >= 0.3 is 0 Å². The standard InChI is InChI=1S/C27H32N4S/c1-18-10-9-13-22(16-18)31-26(25(29-27(31)32)24-14-7-8-15-28-24)23-17-19(2)30(20(23)3)21-11-5-4-6-12-21/h7-10,13-17,21,25-26H,4-6,11-12H2,1-3H3,(H,29,32)/t25-,26+/m0/s1. The van der Waals surface area contributed by atoms with Gasteiger partial charge in [-0.05, 0) is 87.3 Å². The van der Waals surface area contributed by atoms with Crippen molar-refractivity contribution in [1.82, 2.24) is 14.9 Å². The maximum absolute atomic E-state index is 5.91. The van der Waals surface area contributed by atoms with E-state index in [2.05, 4.69) is 78.0 Å². The highest BCUT2D eigenvalue weighted by atomic mass is 32.1. The van der Waals surface area contributed by atoms with Crippen molar-refractivity contribution in [2.45, 2.75) is 71.0 Å². The summed E-state index contributed by atoms with van der Waals surface area (Å²) in [6.07, 6.45) is 8.46. The highest BCUT2D eigenvalue weighted by molar-refractivity contribution is 7.80. The van der Waals surface area contributed by atoms with E-state index in [4.69, 9.17) is 17.2 Å². The molecule has 5 rings (SSSR count). The van der Waals surface area contributed by atoms with Gasteiger partial charge < -0.3 is 14.8 Å². The Hall–Kier alpha value is -2.66. The fourth-order valence-electron chi connectivity index (χ4n) is 5.73. The first-order valence-electron chi connectivity index (χ1n) is 11.8. The molecule has 1 N–H and O–H groups in total. The second-order valence-electron chi connectivity index (χ2n) is 9.32. The molecule has 0 amide bonds. The predicted octanol–water partition coefficient (Wildman–Crippen LogP) is 6.49. The second kappa shape index (κ2) is 8.70. The number of rotatable bonds is 4. The number of anilines is 1. The van der Waals surface area contributed by atoms with Crippen molar-refractivity contribution >= 4 is 23.0 Å². The van der Waals surface area contributed by atoms with E-state index in [0.717, 1.165) is 16.5 Å². The number of hydrogen-bond acceptors (Lipinski definition) is 2. The summed E-state index contributed by atoms with van der Waals surface area (Å²) < 4.78 is 2.60. The zero-order valence-corrected chi connectivity index (χ0v) is 20.0. The number of aryl methyl sites for hydroxylation is 2. The fourth-order valence-corrected chi connectivity index (χ4v) is 6.08. The molecule has 2 atom stereocenters. The summed E-state index contributed by atoms with van der Waals surface area (Å²) in [7, 11) is 0. The van der Waals surface area contributed by atoms with Crippen molar-refractivity contribution < 1.29 is 0 Å². The number of aromatic nitrogens is 2. The van der Waals surface area contributed by atoms with Crippen molar-refractivity contribution in [2.75, 3.05) is 4.90 Å². The molecule has 166 valence electrons. The molecule has 0 unspecified atom stereocenters. The number of pyridine rings is 1. The molecule has 2 fully saturated rings. The maximum Gasteiger partial charge on any atom is 0.174 e. The second-order valence-corrected chi connectivity index (χ2v) is 9.71. The number of benzene rings is 1. The molecule has 2 aromatic heterocycles. The number of nitrogens with zero attached hydrogens (tertiary/aromatic N) is 3. The van der Waals surface area contributed by atoms with E-state index in [-0.39, 0.29) is 12.1 Å². The Morgan fingerprint density at radius 2 is 1.78 bits per heavy atom. The Morgan fingerprint density at radius 3 is 2.50 bits per heavy atom. The molecular weight excluding hydrogens is 412 g/mol. The summed E-state index contributed by atoms with van der Waals surface area (Å²) in [5.41, 5.74) is 7.46. The van der Waals surface area contributed by atoms with Crippen molar-refractivity contribution in [3.63, 3.8) is 0 Å². The van der Waals surface area contributed by atoms with Crippen molar-refractivity contribution in [3.05, 3.63) is 82.9 Å². The van der Waals surface area contributed by atoms with E-state index in [1.54, 1.807) is 0 Å².